The Hall–Kier alpha value is -1.39. The van der Waals surface area contributed by atoms with Crippen LogP contribution in [0.3, 0.4) is 0 Å². The van der Waals surface area contributed by atoms with E-state index in [1.54, 1.807) is 0 Å². The number of aryl methyl sites for hydroxylation is 1. The fourth-order valence-corrected chi connectivity index (χ4v) is 3.28. The lowest BCUT2D eigenvalue weighted by Gasteiger charge is -2.33. The molecule has 1 aliphatic rings. The molecule has 2 rings (SSSR count). The lowest BCUT2D eigenvalue weighted by molar-refractivity contribution is -0.121. The van der Waals surface area contributed by atoms with E-state index in [4.69, 9.17) is 0 Å². The van der Waals surface area contributed by atoms with Crippen molar-refractivity contribution < 1.29 is 4.79 Å². The normalized spacial score (nSPS) is 16.3. The molecule has 25 heavy (non-hydrogen) atoms. The second-order valence-corrected chi connectivity index (χ2v) is 7.38. The van der Waals surface area contributed by atoms with E-state index in [1.807, 2.05) is 0 Å². The highest BCUT2D eigenvalue weighted by molar-refractivity contribution is 5.76. The second kappa shape index (κ2) is 10.6. The van der Waals surface area contributed by atoms with Crippen molar-refractivity contribution >= 4 is 5.91 Å². The summed E-state index contributed by atoms with van der Waals surface area (Å²) in [6.45, 7) is 14.3. The molecule has 0 aliphatic carbocycles. The molecular weight excluding hydrogens is 310 g/mol. The molecule has 4 nitrogen and oxygen atoms in total. The van der Waals surface area contributed by atoms with Crippen molar-refractivity contribution in [2.45, 2.75) is 46.0 Å². The Morgan fingerprint density at radius 2 is 1.72 bits per heavy atom. The van der Waals surface area contributed by atoms with Crippen LogP contribution in [0.2, 0.25) is 0 Å². The average molecular weight is 346 g/mol. The van der Waals surface area contributed by atoms with Crippen molar-refractivity contribution in [3.05, 3.63) is 35.4 Å². The largest absolute Gasteiger partial charge is 0.356 e. The van der Waals surface area contributed by atoms with Crippen LogP contribution >= 0.6 is 0 Å². The second-order valence-electron chi connectivity index (χ2n) is 7.38. The van der Waals surface area contributed by atoms with Gasteiger partial charge < -0.3 is 15.1 Å². The number of nitrogens with one attached hydrogen (secondary N) is 1. The SMILES string of the molecule is CCN1CCN(CCCNC(=O)CCc2ccc(C(C)C)cc2)CC1. The van der Waals surface area contributed by atoms with Gasteiger partial charge in [0, 0.05) is 39.1 Å². The summed E-state index contributed by atoms with van der Waals surface area (Å²) in [6.07, 6.45) is 2.44. The van der Waals surface area contributed by atoms with Crippen LogP contribution in [0.5, 0.6) is 0 Å². The molecule has 0 unspecified atom stereocenters. The van der Waals surface area contributed by atoms with E-state index in [-0.39, 0.29) is 5.91 Å². The van der Waals surface area contributed by atoms with Crippen LogP contribution in [0.25, 0.3) is 0 Å². The third-order valence-corrected chi connectivity index (χ3v) is 5.17. The summed E-state index contributed by atoms with van der Waals surface area (Å²) in [5.41, 5.74) is 2.60. The molecule has 0 spiro atoms. The number of likely N-dealkylation sites (N-methyl/N-ethyl adjacent to an activating group) is 1. The van der Waals surface area contributed by atoms with Crippen LogP contribution in [0.15, 0.2) is 24.3 Å². The summed E-state index contributed by atoms with van der Waals surface area (Å²) in [6, 6.07) is 8.66. The van der Waals surface area contributed by atoms with E-state index < -0.39 is 0 Å². The Labute approximate surface area is 153 Å². The predicted octanol–water partition coefficient (Wildman–Crippen LogP) is 2.89. The van der Waals surface area contributed by atoms with Gasteiger partial charge in [-0.05, 0) is 43.0 Å². The van der Waals surface area contributed by atoms with Gasteiger partial charge in [-0.3, -0.25) is 4.79 Å². The van der Waals surface area contributed by atoms with E-state index in [9.17, 15) is 4.79 Å². The van der Waals surface area contributed by atoms with Gasteiger partial charge in [-0.15, -0.1) is 0 Å². The van der Waals surface area contributed by atoms with E-state index in [0.29, 0.717) is 12.3 Å². The molecule has 0 atom stereocenters. The summed E-state index contributed by atoms with van der Waals surface area (Å²) in [7, 11) is 0. The van der Waals surface area contributed by atoms with Gasteiger partial charge in [0.05, 0.1) is 0 Å². The molecule has 1 aromatic rings. The quantitative estimate of drug-likeness (QED) is 0.699. The third kappa shape index (κ3) is 7.17. The molecule has 1 saturated heterocycles. The number of carbonyl (C=O) groups excluding carboxylic acids is 1. The van der Waals surface area contributed by atoms with E-state index in [0.717, 1.165) is 45.6 Å². The van der Waals surface area contributed by atoms with Gasteiger partial charge in [0.1, 0.15) is 0 Å². The van der Waals surface area contributed by atoms with Gasteiger partial charge in [0.2, 0.25) is 5.91 Å². The van der Waals surface area contributed by atoms with Gasteiger partial charge in [0.25, 0.3) is 0 Å². The van der Waals surface area contributed by atoms with Crippen LogP contribution in [0.1, 0.15) is 50.7 Å². The molecule has 4 heteroatoms. The van der Waals surface area contributed by atoms with Gasteiger partial charge >= 0.3 is 0 Å². The first-order chi connectivity index (χ1) is 12.1. The molecule has 0 saturated carbocycles. The maximum Gasteiger partial charge on any atom is 0.220 e. The van der Waals surface area contributed by atoms with Crippen molar-refractivity contribution in [2.24, 2.45) is 0 Å². The minimum Gasteiger partial charge on any atom is -0.356 e. The van der Waals surface area contributed by atoms with Crippen LogP contribution in [0.4, 0.5) is 0 Å². The van der Waals surface area contributed by atoms with Crippen molar-refractivity contribution in [3.8, 4) is 0 Å². The van der Waals surface area contributed by atoms with Crippen LogP contribution in [0, 0.1) is 0 Å². The number of nitrogens with zero attached hydrogens (tertiary/aromatic N) is 2. The number of carbonyl (C=O) groups is 1. The Morgan fingerprint density at radius 3 is 2.32 bits per heavy atom. The molecule has 0 aromatic heterocycles. The van der Waals surface area contributed by atoms with Crippen molar-refractivity contribution in [1.82, 2.24) is 15.1 Å². The summed E-state index contributed by atoms with van der Waals surface area (Å²) in [5, 5.41) is 3.07. The summed E-state index contributed by atoms with van der Waals surface area (Å²) < 4.78 is 0. The first-order valence-corrected chi connectivity index (χ1v) is 9.88. The Bertz CT molecular complexity index is 504. The highest BCUT2D eigenvalue weighted by Gasteiger charge is 2.14. The van der Waals surface area contributed by atoms with Gasteiger partial charge in [-0.2, -0.15) is 0 Å². The predicted molar refractivity (Wildman–Crippen MR) is 105 cm³/mol. The van der Waals surface area contributed by atoms with Gasteiger partial charge in [-0.1, -0.05) is 45.0 Å². The van der Waals surface area contributed by atoms with E-state index in [1.165, 1.54) is 24.2 Å². The van der Waals surface area contributed by atoms with Gasteiger partial charge in [0.15, 0.2) is 0 Å². The minimum absolute atomic E-state index is 0.170. The molecule has 1 N–H and O–H groups in total. The van der Waals surface area contributed by atoms with Crippen LogP contribution in [-0.4, -0.2) is 61.5 Å². The summed E-state index contributed by atoms with van der Waals surface area (Å²) in [4.78, 5) is 17.0. The topological polar surface area (TPSA) is 35.6 Å². The van der Waals surface area contributed by atoms with E-state index in [2.05, 4.69) is 60.2 Å². The highest BCUT2D eigenvalue weighted by atomic mass is 16.1. The monoisotopic (exact) mass is 345 g/mol. The molecule has 1 heterocycles. The maximum absolute atomic E-state index is 12.0. The van der Waals surface area contributed by atoms with E-state index >= 15 is 0 Å². The van der Waals surface area contributed by atoms with Crippen molar-refractivity contribution in [3.63, 3.8) is 0 Å². The molecular formula is C21H35N3O. The zero-order chi connectivity index (χ0) is 18.1. The summed E-state index contributed by atoms with van der Waals surface area (Å²) >= 11 is 0. The fraction of sp³-hybridized carbons (Fsp3) is 0.667. The number of piperazine rings is 1. The fourth-order valence-electron chi connectivity index (χ4n) is 3.28. The molecule has 1 fully saturated rings. The number of benzene rings is 1. The Balaban J connectivity index is 1.55. The zero-order valence-corrected chi connectivity index (χ0v) is 16.3. The van der Waals surface area contributed by atoms with Crippen LogP contribution in [-0.2, 0) is 11.2 Å². The van der Waals surface area contributed by atoms with Crippen molar-refractivity contribution in [1.29, 1.82) is 0 Å². The lowest BCUT2D eigenvalue weighted by atomic mass is 10.0. The molecule has 140 valence electrons. The first kappa shape index (κ1) is 19.9. The number of hydrogen-bond donors (Lipinski definition) is 1. The lowest BCUT2D eigenvalue weighted by Crippen LogP contribution is -2.46. The minimum atomic E-state index is 0.170. The molecule has 0 bridgehead atoms. The number of hydrogen-bond acceptors (Lipinski definition) is 3. The smallest absolute Gasteiger partial charge is 0.220 e. The average Bonchev–Trinajstić information content (AvgIpc) is 2.64. The first-order valence-electron chi connectivity index (χ1n) is 9.88. The van der Waals surface area contributed by atoms with Crippen molar-refractivity contribution in [2.75, 3.05) is 45.8 Å². The molecule has 1 amide bonds. The maximum atomic E-state index is 12.0. The number of rotatable bonds is 9. The Kier molecular flexibility index (Phi) is 8.42. The third-order valence-electron chi connectivity index (χ3n) is 5.17. The Morgan fingerprint density at radius 1 is 1.08 bits per heavy atom. The van der Waals surface area contributed by atoms with Gasteiger partial charge in [-0.25, -0.2) is 0 Å². The zero-order valence-electron chi connectivity index (χ0n) is 16.3. The summed E-state index contributed by atoms with van der Waals surface area (Å²) in [5.74, 6) is 0.728. The molecule has 0 radical (unpaired) electrons. The highest BCUT2D eigenvalue weighted by Crippen LogP contribution is 2.15. The standard InChI is InChI=1S/C21H35N3O/c1-4-23-14-16-24(17-15-23)13-5-12-22-21(25)11-8-19-6-9-20(10-7-19)18(2)3/h6-7,9-10,18H,4-5,8,11-17H2,1-3H3,(H,22,25). The van der Waals surface area contributed by atoms with Crippen LogP contribution < -0.4 is 5.32 Å². The molecule has 1 aliphatic heterocycles. The molecule has 1 aromatic carbocycles. The number of amides is 1.